The summed E-state index contributed by atoms with van der Waals surface area (Å²) in [5, 5.41) is 13.5. The third kappa shape index (κ3) is 5.15. The van der Waals surface area contributed by atoms with E-state index >= 15 is 0 Å². The topological polar surface area (TPSA) is 104 Å². The van der Waals surface area contributed by atoms with Crippen LogP contribution in [0.5, 0.6) is 0 Å². The average molecular weight is 462 g/mol. The van der Waals surface area contributed by atoms with E-state index in [1.165, 1.54) is 23.3 Å². The Morgan fingerprint density at radius 2 is 1.79 bits per heavy atom. The number of carbonyl (C=O) groups is 3. The fraction of sp³-hybridized carbons (Fsp3) is 0.208. The number of carbonyl (C=O) groups excluding carboxylic acids is 3. The second-order valence-corrected chi connectivity index (χ2v) is 8.65. The molecular weight excluding hydrogens is 438 g/mol. The summed E-state index contributed by atoms with van der Waals surface area (Å²) in [6.07, 6.45) is 0.484. The molecule has 9 heteroatoms. The van der Waals surface area contributed by atoms with Gasteiger partial charge in [0, 0.05) is 36.4 Å². The Bertz CT molecular complexity index is 1260. The molecule has 1 aliphatic heterocycles. The second kappa shape index (κ2) is 9.33. The first-order valence-corrected chi connectivity index (χ1v) is 11.3. The number of hydrogen-bond acceptors (Lipinski definition) is 6. The number of hydrogen-bond donors (Lipinski definition) is 2. The molecule has 8 nitrogen and oxygen atoms in total. The largest absolute Gasteiger partial charge is 0.326 e. The van der Waals surface area contributed by atoms with Gasteiger partial charge in [-0.25, -0.2) is 9.99 Å². The molecule has 0 fully saturated rings. The summed E-state index contributed by atoms with van der Waals surface area (Å²) in [6, 6.07) is 13.1. The first-order valence-electron chi connectivity index (χ1n) is 10.4. The van der Waals surface area contributed by atoms with Crippen LogP contribution in [0.1, 0.15) is 30.9 Å². The van der Waals surface area contributed by atoms with Gasteiger partial charge in [0.1, 0.15) is 5.71 Å². The molecule has 0 aliphatic carbocycles. The predicted molar refractivity (Wildman–Crippen MR) is 131 cm³/mol. The Morgan fingerprint density at radius 3 is 2.52 bits per heavy atom. The molecule has 4 rings (SSSR count). The minimum absolute atomic E-state index is 0.134. The highest BCUT2D eigenvalue weighted by molar-refractivity contribution is 7.14. The second-order valence-electron chi connectivity index (χ2n) is 7.79. The quantitative estimate of drug-likeness (QED) is 0.583. The Kier molecular flexibility index (Phi) is 6.32. The molecule has 2 N–H and O–H groups in total. The Morgan fingerprint density at radius 1 is 1.03 bits per heavy atom. The zero-order chi connectivity index (χ0) is 23.5. The molecule has 0 bridgehead atoms. The predicted octanol–water partition coefficient (Wildman–Crippen LogP) is 4.51. The van der Waals surface area contributed by atoms with Crippen LogP contribution in [0.2, 0.25) is 0 Å². The molecule has 2 heterocycles. The first kappa shape index (κ1) is 22.3. The third-order valence-electron chi connectivity index (χ3n) is 5.11. The Balaban J connectivity index is 1.49. The van der Waals surface area contributed by atoms with Crippen molar-refractivity contribution in [2.75, 3.05) is 15.6 Å². The molecule has 0 saturated carbocycles. The van der Waals surface area contributed by atoms with E-state index in [2.05, 4.69) is 20.7 Å². The van der Waals surface area contributed by atoms with E-state index in [0.717, 1.165) is 16.7 Å². The number of hydrazone groups is 1. The minimum Gasteiger partial charge on any atom is -0.326 e. The van der Waals surface area contributed by atoms with Gasteiger partial charge in [-0.2, -0.15) is 5.10 Å². The van der Waals surface area contributed by atoms with Crippen molar-refractivity contribution in [2.24, 2.45) is 5.10 Å². The van der Waals surface area contributed by atoms with Crippen molar-refractivity contribution in [3.8, 4) is 11.3 Å². The average Bonchev–Trinajstić information content (AvgIpc) is 3.24. The SMILES string of the molecule is CC(=O)Nc1ccc(-c2csc(NC(=O)C3=NN(c4cc(C)ccc4C)C(=O)CC3)n2)cc1. The lowest BCUT2D eigenvalue weighted by Gasteiger charge is -2.24. The van der Waals surface area contributed by atoms with Crippen molar-refractivity contribution in [1.82, 2.24) is 4.98 Å². The van der Waals surface area contributed by atoms with Crippen LogP contribution >= 0.6 is 11.3 Å². The summed E-state index contributed by atoms with van der Waals surface area (Å²) < 4.78 is 0. The van der Waals surface area contributed by atoms with E-state index < -0.39 is 0 Å². The molecule has 0 spiro atoms. The van der Waals surface area contributed by atoms with Gasteiger partial charge < -0.3 is 5.32 Å². The van der Waals surface area contributed by atoms with Crippen molar-refractivity contribution >= 4 is 51.3 Å². The van der Waals surface area contributed by atoms with E-state index in [1.807, 2.05) is 49.6 Å². The molecule has 2 aromatic carbocycles. The van der Waals surface area contributed by atoms with E-state index in [4.69, 9.17) is 0 Å². The highest BCUT2D eigenvalue weighted by Crippen LogP contribution is 2.28. The van der Waals surface area contributed by atoms with Gasteiger partial charge in [-0.3, -0.25) is 19.7 Å². The third-order valence-corrected chi connectivity index (χ3v) is 5.87. The van der Waals surface area contributed by atoms with Crippen LogP contribution in [-0.4, -0.2) is 28.4 Å². The van der Waals surface area contributed by atoms with Gasteiger partial charge in [-0.1, -0.05) is 24.3 Å². The zero-order valence-corrected chi connectivity index (χ0v) is 19.3. The molecular formula is C24H23N5O3S. The standard InChI is InChI=1S/C24H23N5O3S/c1-14-4-5-15(2)21(12-14)29-22(31)11-10-19(28-29)23(32)27-24-26-20(13-33-24)17-6-8-18(9-7-17)25-16(3)30/h4-9,12-13H,10-11H2,1-3H3,(H,25,30)(H,26,27,32). The minimum atomic E-state index is -0.375. The summed E-state index contributed by atoms with van der Waals surface area (Å²) >= 11 is 1.31. The highest BCUT2D eigenvalue weighted by atomic mass is 32.1. The normalized spacial score (nSPS) is 13.5. The number of aromatic nitrogens is 1. The molecule has 3 aromatic rings. The fourth-order valence-electron chi connectivity index (χ4n) is 3.41. The molecule has 1 aliphatic rings. The van der Waals surface area contributed by atoms with Crippen molar-refractivity contribution in [2.45, 2.75) is 33.6 Å². The maximum absolute atomic E-state index is 12.8. The van der Waals surface area contributed by atoms with Crippen LogP contribution in [0.3, 0.4) is 0 Å². The van der Waals surface area contributed by atoms with E-state index in [1.54, 1.807) is 12.1 Å². The fourth-order valence-corrected chi connectivity index (χ4v) is 4.13. The van der Waals surface area contributed by atoms with Gasteiger partial charge in [0.15, 0.2) is 5.13 Å². The molecule has 0 atom stereocenters. The van der Waals surface area contributed by atoms with E-state index in [9.17, 15) is 14.4 Å². The van der Waals surface area contributed by atoms with Crippen LogP contribution in [0.25, 0.3) is 11.3 Å². The number of thiazole rings is 1. The maximum atomic E-state index is 12.8. The molecule has 0 saturated heterocycles. The molecule has 0 unspecified atom stereocenters. The zero-order valence-electron chi connectivity index (χ0n) is 18.5. The maximum Gasteiger partial charge on any atom is 0.273 e. The van der Waals surface area contributed by atoms with Crippen molar-refractivity contribution in [3.05, 3.63) is 59.0 Å². The van der Waals surface area contributed by atoms with Gasteiger partial charge in [0.05, 0.1) is 11.4 Å². The van der Waals surface area contributed by atoms with Gasteiger partial charge in [0.25, 0.3) is 5.91 Å². The van der Waals surface area contributed by atoms with Crippen molar-refractivity contribution in [1.29, 1.82) is 0 Å². The van der Waals surface area contributed by atoms with Crippen LogP contribution in [0, 0.1) is 13.8 Å². The highest BCUT2D eigenvalue weighted by Gasteiger charge is 2.27. The summed E-state index contributed by atoms with van der Waals surface area (Å²) in [7, 11) is 0. The molecule has 3 amide bonds. The van der Waals surface area contributed by atoms with E-state index in [-0.39, 0.29) is 36.3 Å². The number of nitrogens with one attached hydrogen (secondary N) is 2. The number of aryl methyl sites for hydroxylation is 2. The van der Waals surface area contributed by atoms with Crippen molar-refractivity contribution in [3.63, 3.8) is 0 Å². The van der Waals surface area contributed by atoms with Crippen molar-refractivity contribution < 1.29 is 14.4 Å². The number of rotatable bonds is 5. The lowest BCUT2D eigenvalue weighted by molar-refractivity contribution is -0.119. The molecule has 168 valence electrons. The van der Waals surface area contributed by atoms with Gasteiger partial charge in [-0.15, -0.1) is 11.3 Å². The summed E-state index contributed by atoms with van der Waals surface area (Å²) in [6.45, 7) is 5.31. The molecule has 33 heavy (non-hydrogen) atoms. The lowest BCUT2D eigenvalue weighted by Crippen LogP contribution is -2.36. The monoisotopic (exact) mass is 461 g/mol. The van der Waals surface area contributed by atoms with Gasteiger partial charge in [-0.05, 0) is 43.2 Å². The molecule has 0 radical (unpaired) electrons. The summed E-state index contributed by atoms with van der Waals surface area (Å²) in [4.78, 5) is 41.0. The van der Waals surface area contributed by atoms with Gasteiger partial charge >= 0.3 is 0 Å². The van der Waals surface area contributed by atoms with E-state index in [0.29, 0.717) is 22.2 Å². The number of nitrogens with zero attached hydrogens (tertiary/aromatic N) is 3. The summed E-state index contributed by atoms with van der Waals surface area (Å²) in [5.41, 5.74) is 5.17. The van der Waals surface area contributed by atoms with Gasteiger partial charge in [0.2, 0.25) is 11.8 Å². The number of amides is 3. The number of anilines is 3. The molecule has 1 aromatic heterocycles. The van der Waals surface area contributed by atoms with Crippen LogP contribution in [0.15, 0.2) is 52.9 Å². The Labute approximate surface area is 195 Å². The van der Waals surface area contributed by atoms with Crippen LogP contribution in [0.4, 0.5) is 16.5 Å². The summed E-state index contributed by atoms with van der Waals surface area (Å²) in [5.74, 6) is -0.649. The Hall–Kier alpha value is -3.85. The van der Waals surface area contributed by atoms with Crippen LogP contribution < -0.4 is 15.6 Å². The van der Waals surface area contributed by atoms with Crippen LogP contribution in [-0.2, 0) is 14.4 Å². The lowest BCUT2D eigenvalue weighted by atomic mass is 10.1. The smallest absolute Gasteiger partial charge is 0.273 e. The number of benzene rings is 2. The first-order chi connectivity index (χ1) is 15.8.